The van der Waals surface area contributed by atoms with E-state index in [2.05, 4.69) is 38.7 Å². The van der Waals surface area contributed by atoms with Crippen molar-refractivity contribution in [2.75, 3.05) is 12.3 Å². The second-order valence-electron chi connectivity index (χ2n) is 10.4. The first-order chi connectivity index (χ1) is 17.2. The summed E-state index contributed by atoms with van der Waals surface area (Å²) in [6.45, 7) is 7.51. The third kappa shape index (κ3) is 3.68. The fourth-order valence-electron chi connectivity index (χ4n) is 5.33. The van der Waals surface area contributed by atoms with Gasteiger partial charge in [-0.2, -0.15) is 0 Å². The summed E-state index contributed by atoms with van der Waals surface area (Å²) in [5, 5.41) is 4.23. The molecular weight excluding hydrogens is 459 g/mol. The summed E-state index contributed by atoms with van der Waals surface area (Å²) in [7, 11) is 0. The fourth-order valence-corrected chi connectivity index (χ4v) is 5.33. The van der Waals surface area contributed by atoms with E-state index in [-0.39, 0.29) is 29.3 Å². The van der Waals surface area contributed by atoms with E-state index in [0.29, 0.717) is 17.9 Å². The summed E-state index contributed by atoms with van der Waals surface area (Å²) < 4.78 is 23.1. The Morgan fingerprint density at radius 3 is 2.69 bits per heavy atom. The van der Waals surface area contributed by atoms with Crippen LogP contribution in [0, 0.1) is 12.7 Å². The molecule has 1 saturated carbocycles. The molecular formula is C26H29FN8O. The van der Waals surface area contributed by atoms with Crippen molar-refractivity contribution in [2.45, 2.75) is 57.7 Å². The highest BCUT2D eigenvalue weighted by molar-refractivity contribution is 6.03. The zero-order valence-electron chi connectivity index (χ0n) is 20.5. The normalized spacial score (nSPS) is 20.7. The lowest BCUT2D eigenvalue weighted by molar-refractivity contribution is 0.297. The number of hydrogen-bond acceptors (Lipinski definition) is 8. The number of fused-ring (bicyclic) bond motifs is 3. The van der Waals surface area contributed by atoms with Crippen LogP contribution in [0.25, 0.3) is 22.2 Å². The summed E-state index contributed by atoms with van der Waals surface area (Å²) in [6, 6.07) is 6.90. The highest BCUT2D eigenvalue weighted by atomic mass is 19.1. The van der Waals surface area contributed by atoms with E-state index in [1.807, 2.05) is 13.0 Å². The Morgan fingerprint density at radius 1 is 1.17 bits per heavy atom. The number of ether oxygens (including phenoxy) is 1. The number of nitrogen functional groups attached to an aromatic ring is 1. The van der Waals surface area contributed by atoms with E-state index in [0.717, 1.165) is 53.2 Å². The molecule has 3 aromatic heterocycles. The number of benzene rings is 1. The number of nitrogens with zero attached hydrogens (tertiary/aromatic N) is 5. The van der Waals surface area contributed by atoms with Gasteiger partial charge < -0.3 is 26.1 Å². The Bertz CT molecular complexity index is 1490. The number of nitrogens with two attached hydrogens (primary N) is 2. The Hall–Kier alpha value is -3.63. The van der Waals surface area contributed by atoms with Crippen LogP contribution in [0.3, 0.4) is 0 Å². The van der Waals surface area contributed by atoms with Crippen molar-refractivity contribution in [3.63, 3.8) is 0 Å². The van der Waals surface area contributed by atoms with E-state index in [1.165, 1.54) is 6.07 Å². The minimum absolute atomic E-state index is 0.0491. The quantitative estimate of drug-likeness (QED) is 0.396. The monoisotopic (exact) mass is 488 g/mol. The van der Waals surface area contributed by atoms with Gasteiger partial charge in [0, 0.05) is 48.2 Å². The Balaban J connectivity index is 1.49. The minimum atomic E-state index is -0.520. The van der Waals surface area contributed by atoms with Gasteiger partial charge in [0.15, 0.2) is 11.6 Å². The predicted molar refractivity (Wildman–Crippen MR) is 135 cm³/mol. The molecule has 0 radical (unpaired) electrons. The van der Waals surface area contributed by atoms with Gasteiger partial charge in [0.1, 0.15) is 17.3 Å². The summed E-state index contributed by atoms with van der Waals surface area (Å²) in [5.74, 6) is 0.873. The van der Waals surface area contributed by atoms with Crippen LogP contribution in [0.2, 0.25) is 0 Å². The first kappa shape index (κ1) is 22.8. The van der Waals surface area contributed by atoms with Gasteiger partial charge in [-0.25, -0.2) is 24.3 Å². The molecule has 1 aliphatic carbocycles. The van der Waals surface area contributed by atoms with Gasteiger partial charge in [-0.1, -0.05) is 6.07 Å². The molecule has 10 heteroatoms. The van der Waals surface area contributed by atoms with Crippen LogP contribution in [-0.4, -0.2) is 37.1 Å². The lowest BCUT2D eigenvalue weighted by atomic mass is 9.80. The largest absolute Gasteiger partial charge is 0.421 e. The van der Waals surface area contributed by atoms with E-state index in [9.17, 15) is 0 Å². The van der Waals surface area contributed by atoms with E-state index in [1.54, 1.807) is 18.3 Å². The van der Waals surface area contributed by atoms with E-state index in [4.69, 9.17) is 21.2 Å². The van der Waals surface area contributed by atoms with Crippen LogP contribution >= 0.6 is 0 Å². The van der Waals surface area contributed by atoms with Crippen LogP contribution in [0.4, 0.5) is 10.2 Å². The molecule has 1 aliphatic heterocycles. The van der Waals surface area contributed by atoms with Crippen LogP contribution in [-0.2, 0) is 12.1 Å². The smallest absolute Gasteiger partial charge is 0.322 e. The van der Waals surface area contributed by atoms with Gasteiger partial charge in [-0.15, -0.1) is 0 Å². The molecule has 1 fully saturated rings. The molecule has 1 aromatic carbocycles. The van der Waals surface area contributed by atoms with Crippen molar-refractivity contribution in [3.8, 4) is 22.9 Å². The second kappa shape index (κ2) is 8.21. The summed E-state index contributed by atoms with van der Waals surface area (Å²) in [5.41, 5.74) is 16.4. The molecule has 9 nitrogen and oxygen atoms in total. The zero-order valence-corrected chi connectivity index (χ0v) is 20.5. The summed E-state index contributed by atoms with van der Waals surface area (Å²) in [4.78, 5) is 17.9. The van der Waals surface area contributed by atoms with E-state index < -0.39 is 5.82 Å². The third-order valence-corrected chi connectivity index (χ3v) is 7.15. The van der Waals surface area contributed by atoms with Crippen molar-refractivity contribution in [1.82, 2.24) is 29.8 Å². The molecule has 186 valence electrons. The lowest BCUT2D eigenvalue weighted by Gasteiger charge is -2.35. The van der Waals surface area contributed by atoms with Gasteiger partial charge in [0.2, 0.25) is 0 Å². The van der Waals surface area contributed by atoms with Crippen molar-refractivity contribution < 1.29 is 9.13 Å². The number of hydrogen-bond donors (Lipinski definition) is 3. The first-order valence-corrected chi connectivity index (χ1v) is 12.2. The number of aryl methyl sites for hydroxylation is 1. The topological polar surface area (TPSA) is 130 Å². The Labute approximate surface area is 208 Å². The third-order valence-electron chi connectivity index (χ3n) is 7.15. The molecule has 36 heavy (non-hydrogen) atoms. The Kier molecular flexibility index (Phi) is 5.20. The Morgan fingerprint density at radius 2 is 1.97 bits per heavy atom. The summed E-state index contributed by atoms with van der Waals surface area (Å²) >= 11 is 0. The van der Waals surface area contributed by atoms with Gasteiger partial charge in [0.25, 0.3) is 0 Å². The molecule has 6 rings (SSSR count). The molecule has 5 N–H and O–H groups in total. The van der Waals surface area contributed by atoms with E-state index >= 15 is 4.39 Å². The van der Waals surface area contributed by atoms with Crippen molar-refractivity contribution in [3.05, 3.63) is 53.5 Å². The molecule has 0 atom stereocenters. The average Bonchev–Trinajstić information content (AvgIpc) is 3.14. The lowest BCUT2D eigenvalue weighted by Crippen LogP contribution is -2.44. The maximum Gasteiger partial charge on any atom is 0.322 e. The van der Waals surface area contributed by atoms with Crippen LogP contribution < -0.4 is 21.5 Å². The molecule has 4 heterocycles. The van der Waals surface area contributed by atoms with Crippen molar-refractivity contribution >= 4 is 16.9 Å². The molecule has 0 unspecified atom stereocenters. The molecule has 0 bridgehead atoms. The second-order valence-corrected chi connectivity index (χ2v) is 10.4. The summed E-state index contributed by atoms with van der Waals surface area (Å²) in [6.07, 6.45) is 3.29. The van der Waals surface area contributed by atoms with Gasteiger partial charge in [0.05, 0.1) is 10.9 Å². The van der Waals surface area contributed by atoms with Gasteiger partial charge in [-0.3, -0.25) is 0 Å². The number of aromatic nitrogens is 5. The highest BCUT2D eigenvalue weighted by Crippen LogP contribution is 2.44. The molecule has 4 aromatic rings. The average molecular weight is 489 g/mol. The fraction of sp³-hybridized carbons (Fsp3) is 0.385. The first-order valence-electron chi connectivity index (χ1n) is 12.2. The van der Waals surface area contributed by atoms with Crippen LogP contribution in [0.5, 0.6) is 11.8 Å². The van der Waals surface area contributed by atoms with Crippen molar-refractivity contribution in [1.29, 1.82) is 0 Å². The number of anilines is 1. The van der Waals surface area contributed by atoms with Gasteiger partial charge >= 0.3 is 6.01 Å². The maximum absolute atomic E-state index is 15.3. The highest BCUT2D eigenvalue weighted by Gasteiger charge is 2.36. The number of nitrogens with one attached hydrogen (secondary N) is 1. The van der Waals surface area contributed by atoms with Crippen LogP contribution in [0.15, 0.2) is 30.5 Å². The zero-order chi connectivity index (χ0) is 25.2. The standard InChI is InChI=1S/C26H29FN8O/c1-13-6-7-31-25(32-13)36-19-5-4-14(10-17(19)27)20-18-11-30-12-26(2,3)35(18)24-21(20)22(29)33-23(34-24)15-8-16(28)9-15/h4-7,10,15-16,30H,8-9,11-12,28H2,1-3H3,(H2,29,33,34). The van der Waals surface area contributed by atoms with Crippen LogP contribution in [0.1, 0.15) is 49.8 Å². The number of rotatable bonds is 4. The number of halogens is 1. The van der Waals surface area contributed by atoms with Gasteiger partial charge in [-0.05, 0) is 57.4 Å². The molecule has 0 saturated heterocycles. The maximum atomic E-state index is 15.3. The van der Waals surface area contributed by atoms with Crippen molar-refractivity contribution in [2.24, 2.45) is 5.73 Å². The SMILES string of the molecule is Cc1ccnc(Oc2ccc(-c3c4n(c5nc(C6CC(N)C6)nc(N)c35)C(C)(C)CNC4)cc2F)n1. The predicted octanol–water partition coefficient (Wildman–Crippen LogP) is 3.75. The molecule has 0 amide bonds. The molecule has 0 spiro atoms. The minimum Gasteiger partial charge on any atom is -0.421 e. The molecule has 2 aliphatic rings.